The Morgan fingerprint density at radius 2 is 2.11 bits per heavy atom. The van der Waals surface area contributed by atoms with Crippen molar-refractivity contribution in [3.05, 3.63) is 36.3 Å². The highest BCUT2D eigenvalue weighted by atomic mass is 16.1. The highest BCUT2D eigenvalue weighted by molar-refractivity contribution is 5.98. The topological polar surface area (TPSA) is 93.8 Å². The number of nitrogens with two attached hydrogens (primary N) is 1. The fourth-order valence-electron chi connectivity index (χ4n) is 1.54. The largest absolute Gasteiger partial charge is 0.383 e. The van der Waals surface area contributed by atoms with E-state index in [2.05, 4.69) is 20.3 Å². The number of carbonyl (C=O) groups excluding carboxylic acids is 1. The van der Waals surface area contributed by atoms with E-state index in [-0.39, 0.29) is 11.7 Å². The molecule has 0 bridgehead atoms. The molecular weight excluding hydrogens is 242 g/mol. The van der Waals surface area contributed by atoms with E-state index in [9.17, 15) is 4.79 Å². The first-order valence-corrected chi connectivity index (χ1v) is 6.03. The van der Waals surface area contributed by atoms with Crippen molar-refractivity contribution in [1.82, 2.24) is 20.3 Å². The van der Waals surface area contributed by atoms with Crippen molar-refractivity contribution < 1.29 is 4.79 Å². The first kappa shape index (κ1) is 12.9. The molecule has 2 heterocycles. The first-order valence-electron chi connectivity index (χ1n) is 6.03. The third-order valence-electron chi connectivity index (χ3n) is 2.54. The molecule has 2 aromatic rings. The summed E-state index contributed by atoms with van der Waals surface area (Å²) in [5, 5.41) is 2.74. The third-order valence-corrected chi connectivity index (χ3v) is 2.54. The van der Waals surface area contributed by atoms with Gasteiger partial charge in [0.1, 0.15) is 5.82 Å². The Bertz CT molecular complexity index is 571. The van der Waals surface area contributed by atoms with Crippen LogP contribution in [-0.4, -0.2) is 27.4 Å². The second-order valence-electron chi connectivity index (χ2n) is 3.98. The average Bonchev–Trinajstić information content (AvgIpc) is 2.45. The molecule has 0 fully saturated rings. The number of nitrogens with one attached hydrogen (secondary N) is 1. The third kappa shape index (κ3) is 3.04. The van der Waals surface area contributed by atoms with Crippen molar-refractivity contribution in [2.75, 3.05) is 12.3 Å². The van der Waals surface area contributed by atoms with E-state index < -0.39 is 0 Å². The van der Waals surface area contributed by atoms with Gasteiger partial charge in [0.25, 0.3) is 5.91 Å². The molecule has 2 aromatic heterocycles. The van der Waals surface area contributed by atoms with Crippen molar-refractivity contribution in [2.24, 2.45) is 0 Å². The van der Waals surface area contributed by atoms with Crippen LogP contribution < -0.4 is 11.1 Å². The monoisotopic (exact) mass is 257 g/mol. The van der Waals surface area contributed by atoms with E-state index >= 15 is 0 Å². The Labute approximate surface area is 111 Å². The molecule has 0 spiro atoms. The SMILES string of the molecule is CCCNC(=O)c1cnc(-c2ccncc2)nc1N. The van der Waals surface area contributed by atoms with Crippen LogP contribution in [0.3, 0.4) is 0 Å². The van der Waals surface area contributed by atoms with Crippen LogP contribution >= 0.6 is 0 Å². The van der Waals surface area contributed by atoms with Crippen LogP contribution in [0.25, 0.3) is 11.4 Å². The summed E-state index contributed by atoms with van der Waals surface area (Å²) in [5.74, 6) is 0.406. The number of hydrogen-bond acceptors (Lipinski definition) is 5. The van der Waals surface area contributed by atoms with Crippen molar-refractivity contribution in [1.29, 1.82) is 0 Å². The number of pyridine rings is 1. The summed E-state index contributed by atoms with van der Waals surface area (Å²) in [6.07, 6.45) is 5.61. The number of amides is 1. The molecule has 0 unspecified atom stereocenters. The van der Waals surface area contributed by atoms with Gasteiger partial charge >= 0.3 is 0 Å². The zero-order valence-corrected chi connectivity index (χ0v) is 10.6. The molecule has 0 aromatic carbocycles. The van der Waals surface area contributed by atoms with Crippen LogP contribution in [0.2, 0.25) is 0 Å². The van der Waals surface area contributed by atoms with Gasteiger partial charge < -0.3 is 11.1 Å². The predicted molar refractivity (Wildman–Crippen MR) is 72.3 cm³/mol. The maximum atomic E-state index is 11.8. The first-order chi connectivity index (χ1) is 9.22. The van der Waals surface area contributed by atoms with Gasteiger partial charge in [0, 0.05) is 30.7 Å². The molecule has 0 atom stereocenters. The van der Waals surface area contributed by atoms with Crippen molar-refractivity contribution in [3.8, 4) is 11.4 Å². The number of anilines is 1. The molecule has 0 saturated carbocycles. The molecule has 0 radical (unpaired) electrons. The van der Waals surface area contributed by atoms with Gasteiger partial charge in [-0.2, -0.15) is 0 Å². The Kier molecular flexibility index (Phi) is 4.02. The number of nitrogen functional groups attached to an aromatic ring is 1. The Morgan fingerprint density at radius 1 is 1.37 bits per heavy atom. The zero-order valence-electron chi connectivity index (χ0n) is 10.6. The normalized spacial score (nSPS) is 10.2. The number of hydrogen-bond donors (Lipinski definition) is 2. The molecule has 6 heteroatoms. The van der Waals surface area contributed by atoms with Gasteiger partial charge in [0.15, 0.2) is 5.82 Å². The zero-order chi connectivity index (χ0) is 13.7. The fraction of sp³-hybridized carbons (Fsp3) is 0.231. The van der Waals surface area contributed by atoms with Gasteiger partial charge in [-0.1, -0.05) is 6.92 Å². The van der Waals surface area contributed by atoms with E-state index in [1.165, 1.54) is 6.20 Å². The smallest absolute Gasteiger partial charge is 0.256 e. The molecule has 0 aliphatic carbocycles. The number of carbonyl (C=O) groups is 1. The van der Waals surface area contributed by atoms with Crippen LogP contribution in [0, 0.1) is 0 Å². The summed E-state index contributed by atoms with van der Waals surface area (Å²) in [4.78, 5) is 24.0. The Morgan fingerprint density at radius 3 is 2.74 bits per heavy atom. The molecule has 98 valence electrons. The van der Waals surface area contributed by atoms with Crippen LogP contribution in [-0.2, 0) is 0 Å². The fourth-order valence-corrected chi connectivity index (χ4v) is 1.54. The lowest BCUT2D eigenvalue weighted by molar-refractivity contribution is 0.0954. The predicted octanol–water partition coefficient (Wildman–Crippen LogP) is 1.26. The molecule has 6 nitrogen and oxygen atoms in total. The second kappa shape index (κ2) is 5.90. The molecule has 19 heavy (non-hydrogen) atoms. The average molecular weight is 257 g/mol. The summed E-state index contributed by atoms with van der Waals surface area (Å²) in [7, 11) is 0. The number of nitrogens with zero attached hydrogens (tertiary/aromatic N) is 3. The molecule has 0 aliphatic heterocycles. The summed E-state index contributed by atoms with van der Waals surface area (Å²) in [5.41, 5.74) is 6.91. The lowest BCUT2D eigenvalue weighted by Gasteiger charge is -2.07. The second-order valence-corrected chi connectivity index (χ2v) is 3.98. The van der Waals surface area contributed by atoms with Crippen LogP contribution in [0.15, 0.2) is 30.7 Å². The number of rotatable bonds is 4. The highest BCUT2D eigenvalue weighted by Crippen LogP contribution is 2.16. The minimum Gasteiger partial charge on any atom is -0.383 e. The summed E-state index contributed by atoms with van der Waals surface area (Å²) in [6, 6.07) is 3.57. The van der Waals surface area contributed by atoms with Gasteiger partial charge in [-0.05, 0) is 18.6 Å². The van der Waals surface area contributed by atoms with E-state index in [4.69, 9.17) is 5.73 Å². The van der Waals surface area contributed by atoms with Crippen LogP contribution in [0.1, 0.15) is 23.7 Å². The maximum absolute atomic E-state index is 11.8. The molecule has 0 aliphatic rings. The molecule has 0 saturated heterocycles. The van der Waals surface area contributed by atoms with E-state index in [0.717, 1.165) is 12.0 Å². The highest BCUT2D eigenvalue weighted by Gasteiger charge is 2.12. The number of aromatic nitrogens is 3. The molecule has 2 rings (SSSR count). The standard InChI is InChI=1S/C13H15N5O/c1-2-5-16-13(19)10-8-17-12(18-11(10)14)9-3-6-15-7-4-9/h3-4,6-8H,2,5H2,1H3,(H,16,19)(H2,14,17,18). The summed E-state index contributed by atoms with van der Waals surface area (Å²) < 4.78 is 0. The van der Waals surface area contributed by atoms with Crippen molar-refractivity contribution in [3.63, 3.8) is 0 Å². The van der Waals surface area contributed by atoms with Gasteiger partial charge in [0.2, 0.25) is 0 Å². The van der Waals surface area contributed by atoms with Gasteiger partial charge in [-0.15, -0.1) is 0 Å². The Balaban J connectivity index is 2.25. The quantitative estimate of drug-likeness (QED) is 0.860. The minimum absolute atomic E-state index is 0.176. The van der Waals surface area contributed by atoms with Crippen molar-refractivity contribution >= 4 is 11.7 Å². The Hall–Kier alpha value is -2.50. The van der Waals surface area contributed by atoms with Crippen molar-refractivity contribution in [2.45, 2.75) is 13.3 Å². The van der Waals surface area contributed by atoms with Gasteiger partial charge in [0.05, 0.1) is 5.56 Å². The summed E-state index contributed by atoms with van der Waals surface area (Å²) in [6.45, 7) is 2.58. The lowest BCUT2D eigenvalue weighted by Crippen LogP contribution is -2.25. The van der Waals surface area contributed by atoms with Gasteiger partial charge in [-0.25, -0.2) is 9.97 Å². The molecule has 1 amide bonds. The lowest BCUT2D eigenvalue weighted by atomic mass is 10.2. The summed E-state index contributed by atoms with van der Waals surface area (Å²) >= 11 is 0. The van der Waals surface area contributed by atoms with E-state index in [0.29, 0.717) is 17.9 Å². The van der Waals surface area contributed by atoms with Crippen LogP contribution in [0.5, 0.6) is 0 Å². The van der Waals surface area contributed by atoms with Crippen LogP contribution in [0.4, 0.5) is 5.82 Å². The molecular formula is C13H15N5O. The van der Waals surface area contributed by atoms with E-state index in [1.54, 1.807) is 24.5 Å². The maximum Gasteiger partial charge on any atom is 0.256 e. The minimum atomic E-state index is -0.249. The molecule has 3 N–H and O–H groups in total. The van der Waals surface area contributed by atoms with E-state index in [1.807, 2.05) is 6.92 Å². The van der Waals surface area contributed by atoms with Gasteiger partial charge in [-0.3, -0.25) is 9.78 Å².